The number of halogens is 3. The number of fused-ring (bicyclic) bond motifs is 2. The Kier molecular flexibility index (Phi) is 4.38. The van der Waals surface area contributed by atoms with Gasteiger partial charge in [0.1, 0.15) is 0 Å². The van der Waals surface area contributed by atoms with Gasteiger partial charge < -0.3 is 15.2 Å². The molecule has 0 saturated heterocycles. The average molecular weight is 325 g/mol. The minimum Gasteiger partial charge on any atom is -0.345 e. The first kappa shape index (κ1) is 16.3. The molecule has 2 N–H and O–H groups in total. The average Bonchev–Trinajstić information content (AvgIpc) is 3.02. The van der Waals surface area contributed by atoms with Crippen molar-refractivity contribution in [1.82, 2.24) is 15.2 Å². The van der Waals surface area contributed by atoms with Gasteiger partial charge in [-0.25, -0.2) is 0 Å². The van der Waals surface area contributed by atoms with Gasteiger partial charge >= 0.3 is 6.18 Å². The molecule has 0 unspecified atom stereocenters. The highest BCUT2D eigenvalue weighted by molar-refractivity contribution is 5.87. The van der Waals surface area contributed by atoms with Crippen molar-refractivity contribution in [1.29, 1.82) is 0 Å². The number of nitrogens with one attached hydrogen (secondary N) is 2. The van der Waals surface area contributed by atoms with Crippen LogP contribution in [0.15, 0.2) is 12.1 Å². The van der Waals surface area contributed by atoms with Gasteiger partial charge in [0, 0.05) is 42.8 Å². The third kappa shape index (κ3) is 3.23. The molecule has 0 radical (unpaired) electrons. The van der Waals surface area contributed by atoms with E-state index in [0.717, 1.165) is 48.2 Å². The van der Waals surface area contributed by atoms with Crippen LogP contribution in [-0.2, 0) is 26.2 Å². The summed E-state index contributed by atoms with van der Waals surface area (Å²) in [5.41, 5.74) is 5.72. The van der Waals surface area contributed by atoms with E-state index in [-0.39, 0.29) is 6.54 Å². The van der Waals surface area contributed by atoms with Gasteiger partial charge in [-0.15, -0.1) is 0 Å². The van der Waals surface area contributed by atoms with Crippen LogP contribution in [0.5, 0.6) is 0 Å². The summed E-state index contributed by atoms with van der Waals surface area (Å²) in [5, 5.41) is 6.95. The molecule has 0 amide bonds. The normalized spacial score (nSPS) is 14.7. The molecule has 0 aliphatic carbocycles. The quantitative estimate of drug-likeness (QED) is 0.879. The van der Waals surface area contributed by atoms with Crippen molar-refractivity contribution in [2.45, 2.75) is 52.6 Å². The molecule has 2 heterocycles. The van der Waals surface area contributed by atoms with Gasteiger partial charge in [-0.2, -0.15) is 13.2 Å². The topological polar surface area (TPSA) is 29.0 Å². The Bertz CT molecular complexity index is 716. The van der Waals surface area contributed by atoms with E-state index in [0.29, 0.717) is 0 Å². The molecule has 2 aromatic rings. The van der Waals surface area contributed by atoms with Crippen molar-refractivity contribution in [2.24, 2.45) is 0 Å². The first-order valence-electron chi connectivity index (χ1n) is 8.02. The number of aromatic nitrogens is 1. The Labute approximate surface area is 133 Å². The molecular formula is C17H22F3N3. The van der Waals surface area contributed by atoms with Gasteiger partial charge in [-0.1, -0.05) is 6.92 Å². The van der Waals surface area contributed by atoms with E-state index in [2.05, 4.69) is 34.3 Å². The zero-order valence-electron chi connectivity index (χ0n) is 13.5. The van der Waals surface area contributed by atoms with Crippen LogP contribution in [0.3, 0.4) is 0 Å². The lowest BCUT2D eigenvalue weighted by Gasteiger charge is -2.09. The van der Waals surface area contributed by atoms with Crippen molar-refractivity contribution in [3.63, 3.8) is 0 Å². The molecule has 1 aliphatic rings. The number of benzene rings is 1. The largest absolute Gasteiger partial charge is 0.401 e. The molecule has 1 aromatic carbocycles. The van der Waals surface area contributed by atoms with Crippen molar-refractivity contribution in [3.05, 3.63) is 34.5 Å². The summed E-state index contributed by atoms with van der Waals surface area (Å²) in [4.78, 5) is 0. The fourth-order valence-electron chi connectivity index (χ4n) is 3.40. The predicted molar refractivity (Wildman–Crippen MR) is 85.3 cm³/mol. The number of alkyl halides is 3. The first-order chi connectivity index (χ1) is 10.9. The second kappa shape index (κ2) is 6.17. The maximum atomic E-state index is 12.4. The highest BCUT2D eigenvalue weighted by Gasteiger charge is 2.27. The second-order valence-corrected chi connectivity index (χ2v) is 6.18. The molecule has 1 aromatic heterocycles. The van der Waals surface area contributed by atoms with Crippen LogP contribution in [0.4, 0.5) is 13.2 Å². The monoisotopic (exact) mass is 325 g/mol. The van der Waals surface area contributed by atoms with E-state index < -0.39 is 12.7 Å². The van der Waals surface area contributed by atoms with Gasteiger partial charge in [0.2, 0.25) is 0 Å². The SMILES string of the molecule is CCCn1c(C)c(CNCC(F)(F)F)c2cc3c(cc21)CNC3. The Morgan fingerprint density at radius 3 is 2.57 bits per heavy atom. The summed E-state index contributed by atoms with van der Waals surface area (Å²) in [6.45, 7) is 5.98. The van der Waals surface area contributed by atoms with Crippen LogP contribution < -0.4 is 10.6 Å². The van der Waals surface area contributed by atoms with E-state index in [1.165, 1.54) is 11.1 Å². The second-order valence-electron chi connectivity index (χ2n) is 6.18. The Morgan fingerprint density at radius 2 is 1.91 bits per heavy atom. The van der Waals surface area contributed by atoms with Crippen molar-refractivity contribution >= 4 is 10.9 Å². The van der Waals surface area contributed by atoms with E-state index in [1.54, 1.807) is 0 Å². The molecule has 3 nitrogen and oxygen atoms in total. The van der Waals surface area contributed by atoms with Gasteiger partial charge in [0.15, 0.2) is 0 Å². The van der Waals surface area contributed by atoms with Crippen LogP contribution in [0.25, 0.3) is 10.9 Å². The van der Waals surface area contributed by atoms with Crippen LogP contribution in [0, 0.1) is 6.92 Å². The minimum absolute atomic E-state index is 0.241. The Hall–Kier alpha value is -1.53. The predicted octanol–water partition coefficient (Wildman–Crippen LogP) is 3.61. The van der Waals surface area contributed by atoms with Crippen molar-refractivity contribution < 1.29 is 13.2 Å². The zero-order valence-corrected chi connectivity index (χ0v) is 13.5. The zero-order chi connectivity index (χ0) is 16.6. The summed E-state index contributed by atoms with van der Waals surface area (Å²) >= 11 is 0. The van der Waals surface area contributed by atoms with Crippen LogP contribution in [0.2, 0.25) is 0 Å². The van der Waals surface area contributed by atoms with Gasteiger partial charge in [-0.05, 0) is 42.2 Å². The molecular weight excluding hydrogens is 303 g/mol. The van der Waals surface area contributed by atoms with E-state index in [1.807, 2.05) is 6.92 Å². The molecule has 0 spiro atoms. The summed E-state index contributed by atoms with van der Waals surface area (Å²) in [7, 11) is 0. The molecule has 0 bridgehead atoms. The van der Waals surface area contributed by atoms with Gasteiger partial charge in [-0.3, -0.25) is 0 Å². The highest BCUT2D eigenvalue weighted by Crippen LogP contribution is 2.31. The number of nitrogens with zero attached hydrogens (tertiary/aromatic N) is 1. The maximum Gasteiger partial charge on any atom is 0.401 e. The van der Waals surface area contributed by atoms with Crippen molar-refractivity contribution in [3.8, 4) is 0 Å². The minimum atomic E-state index is -4.18. The lowest BCUT2D eigenvalue weighted by atomic mass is 10.0. The van der Waals surface area contributed by atoms with Gasteiger partial charge in [0.05, 0.1) is 6.54 Å². The Balaban J connectivity index is 2.00. The van der Waals surface area contributed by atoms with Crippen LogP contribution in [-0.4, -0.2) is 17.3 Å². The van der Waals surface area contributed by atoms with E-state index in [9.17, 15) is 13.2 Å². The van der Waals surface area contributed by atoms with Crippen molar-refractivity contribution in [2.75, 3.05) is 6.54 Å². The number of rotatable bonds is 5. The van der Waals surface area contributed by atoms with Crippen LogP contribution >= 0.6 is 0 Å². The highest BCUT2D eigenvalue weighted by atomic mass is 19.4. The maximum absolute atomic E-state index is 12.4. The standard InChI is InChI=1S/C17H22F3N3/c1-3-4-23-11(2)15(9-22-10-17(18,19)20)14-5-12-7-21-8-13(12)6-16(14)23/h5-6,21-22H,3-4,7-10H2,1-2H3. The summed E-state index contributed by atoms with van der Waals surface area (Å²) in [6.07, 6.45) is -3.18. The fourth-order valence-corrected chi connectivity index (χ4v) is 3.40. The third-order valence-electron chi connectivity index (χ3n) is 4.48. The van der Waals surface area contributed by atoms with E-state index >= 15 is 0 Å². The molecule has 1 aliphatic heterocycles. The smallest absolute Gasteiger partial charge is 0.345 e. The lowest BCUT2D eigenvalue weighted by molar-refractivity contribution is -0.125. The lowest BCUT2D eigenvalue weighted by Crippen LogP contribution is -2.28. The van der Waals surface area contributed by atoms with Gasteiger partial charge in [0.25, 0.3) is 0 Å². The first-order valence-corrected chi connectivity index (χ1v) is 8.02. The fraction of sp³-hybridized carbons (Fsp3) is 0.529. The molecule has 23 heavy (non-hydrogen) atoms. The number of hydrogen-bond acceptors (Lipinski definition) is 2. The third-order valence-corrected chi connectivity index (χ3v) is 4.48. The molecule has 0 atom stereocenters. The van der Waals surface area contributed by atoms with Crippen LogP contribution in [0.1, 0.15) is 35.7 Å². The molecule has 0 saturated carbocycles. The summed E-state index contributed by atoms with van der Waals surface area (Å²) in [5.74, 6) is 0. The molecule has 6 heteroatoms. The Morgan fingerprint density at radius 1 is 1.22 bits per heavy atom. The molecule has 126 valence electrons. The molecule has 3 rings (SSSR count). The number of hydrogen-bond donors (Lipinski definition) is 2. The summed E-state index contributed by atoms with van der Waals surface area (Å²) in [6, 6.07) is 4.34. The molecule has 0 fully saturated rings. The number of aryl methyl sites for hydroxylation is 1. The summed E-state index contributed by atoms with van der Waals surface area (Å²) < 4.78 is 39.4. The van der Waals surface area contributed by atoms with E-state index in [4.69, 9.17) is 0 Å².